The van der Waals surface area contributed by atoms with E-state index in [4.69, 9.17) is 0 Å². The Bertz CT molecular complexity index is 133. The molecule has 0 aromatic carbocycles. The summed E-state index contributed by atoms with van der Waals surface area (Å²) in [6.45, 7) is 0. The van der Waals surface area contributed by atoms with Crippen molar-refractivity contribution in [3.8, 4) is 0 Å². The van der Waals surface area contributed by atoms with Crippen molar-refractivity contribution in [3.05, 3.63) is 12.2 Å². The summed E-state index contributed by atoms with van der Waals surface area (Å²) >= 11 is 0. The maximum Gasteiger partial charge on any atom is 0.132 e. The van der Waals surface area contributed by atoms with E-state index in [-0.39, 0.29) is 0 Å². The topological polar surface area (TPSA) is 17.1 Å². The van der Waals surface area contributed by atoms with Gasteiger partial charge in [0.2, 0.25) is 0 Å². The largest absolute Gasteiger partial charge is 0.300 e. The third-order valence-corrected chi connectivity index (χ3v) is 2.07. The highest BCUT2D eigenvalue weighted by atomic mass is 16.1. The molecule has 1 nitrogen and oxygen atoms in total. The Kier molecular flexibility index (Phi) is 3.95. The van der Waals surface area contributed by atoms with Gasteiger partial charge in [0.1, 0.15) is 5.78 Å². The monoisotopic (exact) mass is 152 g/mol. The van der Waals surface area contributed by atoms with Gasteiger partial charge < -0.3 is 0 Å². The quantitative estimate of drug-likeness (QED) is 0.488. The predicted octanol–water partition coefficient (Wildman–Crippen LogP) is 2.86. The van der Waals surface area contributed by atoms with Crippen molar-refractivity contribution in [3.63, 3.8) is 0 Å². The Labute approximate surface area is 68.5 Å². The van der Waals surface area contributed by atoms with Crippen molar-refractivity contribution < 1.29 is 4.79 Å². The molecule has 0 radical (unpaired) electrons. The van der Waals surface area contributed by atoms with Crippen LogP contribution in [-0.4, -0.2) is 5.78 Å². The van der Waals surface area contributed by atoms with Gasteiger partial charge in [-0.1, -0.05) is 12.2 Å². The van der Waals surface area contributed by atoms with Gasteiger partial charge in [-0.3, -0.25) is 4.79 Å². The van der Waals surface area contributed by atoms with Crippen LogP contribution in [-0.2, 0) is 4.79 Å². The molecule has 0 saturated heterocycles. The van der Waals surface area contributed by atoms with Gasteiger partial charge in [0.25, 0.3) is 0 Å². The third kappa shape index (κ3) is 3.97. The van der Waals surface area contributed by atoms with Crippen LogP contribution in [0.2, 0.25) is 0 Å². The summed E-state index contributed by atoms with van der Waals surface area (Å²) in [4.78, 5) is 10.2. The number of carbonyl (C=O) groups excluding carboxylic acids is 1. The fraction of sp³-hybridized carbons (Fsp3) is 0.700. The predicted molar refractivity (Wildman–Crippen MR) is 46.5 cm³/mol. The minimum atomic E-state index is 0.454. The normalized spacial score (nSPS) is 21.6. The third-order valence-electron chi connectivity index (χ3n) is 2.07. The van der Waals surface area contributed by atoms with Gasteiger partial charge in [-0.15, -0.1) is 0 Å². The molecule has 0 aromatic heterocycles. The molecule has 1 fully saturated rings. The molecule has 2 aliphatic carbocycles. The van der Waals surface area contributed by atoms with Crippen molar-refractivity contribution in [2.24, 2.45) is 0 Å². The molecular weight excluding hydrogens is 136 g/mol. The Hall–Kier alpha value is -0.590. The lowest BCUT2D eigenvalue weighted by molar-refractivity contribution is -0.117. The van der Waals surface area contributed by atoms with E-state index < -0.39 is 0 Å². The van der Waals surface area contributed by atoms with Gasteiger partial charge in [0.15, 0.2) is 0 Å². The maximum atomic E-state index is 10.2. The molecule has 0 N–H and O–H groups in total. The summed E-state index contributed by atoms with van der Waals surface area (Å²) in [5.74, 6) is 0.454. The lowest BCUT2D eigenvalue weighted by Crippen LogP contribution is -1.81. The maximum absolute atomic E-state index is 10.2. The second-order valence-corrected chi connectivity index (χ2v) is 3.15. The van der Waals surface area contributed by atoms with Gasteiger partial charge in [0, 0.05) is 12.8 Å². The molecular formula is C10H16O. The second-order valence-electron chi connectivity index (χ2n) is 3.15. The van der Waals surface area contributed by atoms with Crippen LogP contribution in [0.5, 0.6) is 0 Å². The van der Waals surface area contributed by atoms with Crippen LogP contribution >= 0.6 is 0 Å². The number of ketones is 1. The van der Waals surface area contributed by atoms with E-state index in [1.807, 2.05) is 0 Å². The molecule has 1 saturated carbocycles. The average Bonchev–Trinajstić information content (AvgIpc) is 2.57. The van der Waals surface area contributed by atoms with Gasteiger partial charge in [-0.05, 0) is 32.1 Å². The standard InChI is InChI=1S/C5H8O.C5H8/c6-5-3-1-2-4-5;1-2-4-5-3-1/h1-4H2;1-2H,3-5H2. The summed E-state index contributed by atoms with van der Waals surface area (Å²) < 4.78 is 0. The Morgan fingerprint density at radius 3 is 1.64 bits per heavy atom. The fourth-order valence-corrected chi connectivity index (χ4v) is 1.36. The molecule has 2 aliphatic rings. The van der Waals surface area contributed by atoms with Gasteiger partial charge in [0.05, 0.1) is 0 Å². The van der Waals surface area contributed by atoms with E-state index >= 15 is 0 Å². The van der Waals surface area contributed by atoms with Crippen molar-refractivity contribution in [2.75, 3.05) is 0 Å². The number of rotatable bonds is 0. The first kappa shape index (κ1) is 8.51. The van der Waals surface area contributed by atoms with Crippen LogP contribution < -0.4 is 0 Å². The Balaban J connectivity index is 0.000000112. The molecule has 0 aromatic rings. The summed E-state index contributed by atoms with van der Waals surface area (Å²) in [7, 11) is 0. The molecule has 0 amide bonds. The zero-order valence-electron chi connectivity index (χ0n) is 7.01. The van der Waals surface area contributed by atoms with E-state index in [1.54, 1.807) is 0 Å². The van der Waals surface area contributed by atoms with Crippen LogP contribution in [0.25, 0.3) is 0 Å². The first-order chi connectivity index (χ1) is 5.39. The first-order valence-electron chi connectivity index (χ1n) is 4.56. The minimum absolute atomic E-state index is 0.454. The summed E-state index contributed by atoms with van der Waals surface area (Å²) in [5.41, 5.74) is 0. The molecule has 0 heterocycles. The van der Waals surface area contributed by atoms with Crippen LogP contribution in [0.4, 0.5) is 0 Å². The number of hydrogen-bond donors (Lipinski definition) is 0. The van der Waals surface area contributed by atoms with Crippen LogP contribution in [0.3, 0.4) is 0 Å². The van der Waals surface area contributed by atoms with E-state index in [0.717, 1.165) is 25.7 Å². The highest BCUT2D eigenvalue weighted by molar-refractivity contribution is 5.79. The highest BCUT2D eigenvalue weighted by Gasteiger charge is 2.07. The Morgan fingerprint density at radius 1 is 0.909 bits per heavy atom. The first-order valence-corrected chi connectivity index (χ1v) is 4.56. The Morgan fingerprint density at radius 2 is 1.45 bits per heavy atom. The van der Waals surface area contributed by atoms with E-state index in [2.05, 4.69) is 12.2 Å². The van der Waals surface area contributed by atoms with Gasteiger partial charge in [-0.2, -0.15) is 0 Å². The molecule has 62 valence electrons. The lowest BCUT2D eigenvalue weighted by Gasteiger charge is -1.71. The smallest absolute Gasteiger partial charge is 0.132 e. The number of Topliss-reactive ketones (excluding diaryl/α,β-unsaturated/α-hetero) is 1. The number of allylic oxidation sites excluding steroid dienone is 2. The molecule has 0 bridgehead atoms. The molecule has 0 unspecified atom stereocenters. The average molecular weight is 152 g/mol. The summed E-state index contributed by atoms with van der Waals surface area (Å²) in [5, 5.41) is 0. The van der Waals surface area contributed by atoms with Crippen molar-refractivity contribution >= 4 is 5.78 Å². The van der Waals surface area contributed by atoms with Crippen molar-refractivity contribution in [2.45, 2.75) is 44.9 Å². The van der Waals surface area contributed by atoms with Gasteiger partial charge in [-0.25, -0.2) is 0 Å². The van der Waals surface area contributed by atoms with E-state index in [9.17, 15) is 4.79 Å². The zero-order valence-corrected chi connectivity index (χ0v) is 7.01. The molecule has 2 rings (SSSR count). The molecule has 0 aliphatic heterocycles. The van der Waals surface area contributed by atoms with Crippen LogP contribution in [0, 0.1) is 0 Å². The second kappa shape index (κ2) is 5.11. The number of carbonyl (C=O) groups is 1. The summed E-state index contributed by atoms with van der Waals surface area (Å²) in [6, 6.07) is 0. The van der Waals surface area contributed by atoms with E-state index in [0.29, 0.717) is 5.78 Å². The van der Waals surface area contributed by atoms with Crippen LogP contribution in [0.15, 0.2) is 12.2 Å². The highest BCUT2D eigenvalue weighted by Crippen LogP contribution is 2.11. The van der Waals surface area contributed by atoms with Crippen molar-refractivity contribution in [1.82, 2.24) is 0 Å². The lowest BCUT2D eigenvalue weighted by atomic mass is 10.4. The molecule has 0 spiro atoms. The van der Waals surface area contributed by atoms with Crippen molar-refractivity contribution in [1.29, 1.82) is 0 Å². The molecule has 11 heavy (non-hydrogen) atoms. The molecule has 0 atom stereocenters. The summed E-state index contributed by atoms with van der Waals surface area (Å²) in [6.07, 6.45) is 12.5. The number of hydrogen-bond acceptors (Lipinski definition) is 1. The fourth-order valence-electron chi connectivity index (χ4n) is 1.36. The SMILES string of the molecule is C1=CCCC1.O=C1CCCC1. The van der Waals surface area contributed by atoms with E-state index in [1.165, 1.54) is 19.3 Å². The van der Waals surface area contributed by atoms with Crippen LogP contribution in [0.1, 0.15) is 44.9 Å². The van der Waals surface area contributed by atoms with Gasteiger partial charge >= 0.3 is 0 Å². The minimum Gasteiger partial charge on any atom is -0.300 e. The molecule has 1 heteroatoms. The zero-order chi connectivity index (χ0) is 7.94.